The highest BCUT2D eigenvalue weighted by Gasteiger charge is 2.19. The molecule has 0 unspecified atom stereocenters. The number of rotatable bonds is 6. The van der Waals surface area contributed by atoms with Gasteiger partial charge in [0, 0.05) is 11.6 Å². The molecule has 20 heavy (non-hydrogen) atoms. The van der Waals surface area contributed by atoms with E-state index >= 15 is 0 Å². The molecule has 0 bridgehead atoms. The standard InChI is InChI=1S/C14H21ClFN3O/c1-14(2,8-17)9-19(3)7-13(20)18-12-5-4-10(15)6-11(12)16/h4-6H,7-9,17H2,1-3H3,(H,18,20). The van der Waals surface area contributed by atoms with Crippen LogP contribution >= 0.6 is 11.6 Å². The van der Waals surface area contributed by atoms with E-state index in [9.17, 15) is 9.18 Å². The molecule has 0 aliphatic rings. The fourth-order valence-electron chi connectivity index (χ4n) is 1.88. The largest absolute Gasteiger partial charge is 0.330 e. The summed E-state index contributed by atoms with van der Waals surface area (Å²) in [5.41, 5.74) is 5.72. The number of nitrogens with two attached hydrogens (primary N) is 1. The van der Waals surface area contributed by atoms with E-state index in [2.05, 4.69) is 5.32 Å². The summed E-state index contributed by atoms with van der Waals surface area (Å²) in [7, 11) is 1.83. The van der Waals surface area contributed by atoms with Crippen LogP contribution in [-0.2, 0) is 4.79 Å². The average molecular weight is 302 g/mol. The number of hydrogen-bond acceptors (Lipinski definition) is 3. The monoisotopic (exact) mass is 301 g/mol. The number of benzene rings is 1. The first-order valence-corrected chi connectivity index (χ1v) is 6.75. The van der Waals surface area contributed by atoms with E-state index in [0.29, 0.717) is 18.1 Å². The topological polar surface area (TPSA) is 58.4 Å². The van der Waals surface area contributed by atoms with Crippen LogP contribution in [0.2, 0.25) is 5.02 Å². The van der Waals surface area contributed by atoms with Gasteiger partial charge >= 0.3 is 0 Å². The highest BCUT2D eigenvalue weighted by Crippen LogP contribution is 2.19. The molecule has 0 aliphatic carbocycles. The van der Waals surface area contributed by atoms with Crippen molar-refractivity contribution >= 4 is 23.2 Å². The summed E-state index contributed by atoms with van der Waals surface area (Å²) in [6.07, 6.45) is 0. The molecule has 1 aromatic carbocycles. The Morgan fingerprint density at radius 1 is 1.50 bits per heavy atom. The van der Waals surface area contributed by atoms with Gasteiger partial charge < -0.3 is 11.1 Å². The van der Waals surface area contributed by atoms with Gasteiger partial charge in [-0.3, -0.25) is 9.69 Å². The maximum atomic E-state index is 13.5. The van der Waals surface area contributed by atoms with Crippen LogP contribution in [0.1, 0.15) is 13.8 Å². The SMILES string of the molecule is CN(CC(=O)Nc1ccc(Cl)cc1F)CC(C)(C)CN. The van der Waals surface area contributed by atoms with E-state index in [0.717, 1.165) is 0 Å². The van der Waals surface area contributed by atoms with Crippen LogP contribution in [0.15, 0.2) is 18.2 Å². The highest BCUT2D eigenvalue weighted by molar-refractivity contribution is 6.30. The Morgan fingerprint density at radius 2 is 2.15 bits per heavy atom. The predicted octanol–water partition coefficient (Wildman–Crippen LogP) is 2.33. The summed E-state index contributed by atoms with van der Waals surface area (Å²) in [6.45, 7) is 5.44. The average Bonchev–Trinajstić information content (AvgIpc) is 2.32. The third-order valence-electron chi connectivity index (χ3n) is 2.87. The lowest BCUT2D eigenvalue weighted by Gasteiger charge is -2.28. The maximum Gasteiger partial charge on any atom is 0.238 e. The zero-order chi connectivity index (χ0) is 15.3. The van der Waals surface area contributed by atoms with Crippen molar-refractivity contribution in [2.45, 2.75) is 13.8 Å². The second-order valence-corrected chi connectivity index (χ2v) is 6.15. The zero-order valence-corrected chi connectivity index (χ0v) is 12.8. The summed E-state index contributed by atoms with van der Waals surface area (Å²) < 4.78 is 13.5. The van der Waals surface area contributed by atoms with Gasteiger partial charge in [0.2, 0.25) is 5.91 Å². The Kier molecular flexibility index (Phi) is 5.92. The maximum absolute atomic E-state index is 13.5. The molecule has 0 saturated heterocycles. The molecule has 6 heteroatoms. The number of anilines is 1. The van der Waals surface area contributed by atoms with Gasteiger partial charge in [-0.1, -0.05) is 25.4 Å². The second-order valence-electron chi connectivity index (χ2n) is 5.71. The number of carbonyl (C=O) groups is 1. The van der Waals surface area contributed by atoms with E-state index in [1.54, 1.807) is 0 Å². The van der Waals surface area contributed by atoms with Crippen molar-refractivity contribution < 1.29 is 9.18 Å². The molecule has 0 aromatic heterocycles. The molecule has 0 heterocycles. The molecule has 0 radical (unpaired) electrons. The number of likely N-dealkylation sites (N-methyl/N-ethyl adjacent to an activating group) is 1. The van der Waals surface area contributed by atoms with Crippen molar-refractivity contribution in [2.24, 2.45) is 11.1 Å². The summed E-state index contributed by atoms with van der Waals surface area (Å²) in [4.78, 5) is 13.7. The zero-order valence-electron chi connectivity index (χ0n) is 12.0. The fourth-order valence-corrected chi connectivity index (χ4v) is 2.04. The molecule has 1 rings (SSSR count). The lowest BCUT2D eigenvalue weighted by Crippen LogP contribution is -2.40. The Hall–Kier alpha value is -1.17. The molecule has 112 valence electrons. The molecule has 0 aliphatic heterocycles. The lowest BCUT2D eigenvalue weighted by atomic mass is 9.93. The van der Waals surface area contributed by atoms with Crippen LogP contribution in [0.4, 0.5) is 10.1 Å². The normalized spacial score (nSPS) is 11.8. The van der Waals surface area contributed by atoms with Gasteiger partial charge in [-0.25, -0.2) is 4.39 Å². The Labute approximate surface area is 124 Å². The van der Waals surface area contributed by atoms with Crippen molar-refractivity contribution in [3.05, 3.63) is 29.0 Å². The molecule has 0 spiro atoms. The van der Waals surface area contributed by atoms with Gasteiger partial charge in [-0.2, -0.15) is 0 Å². The quantitative estimate of drug-likeness (QED) is 0.848. The first kappa shape index (κ1) is 16.9. The molecule has 4 nitrogen and oxygen atoms in total. The van der Waals surface area contributed by atoms with E-state index in [1.807, 2.05) is 25.8 Å². The number of nitrogens with zero attached hydrogens (tertiary/aromatic N) is 1. The molecule has 1 aromatic rings. The van der Waals surface area contributed by atoms with Crippen LogP contribution in [0.25, 0.3) is 0 Å². The minimum absolute atomic E-state index is 0.0689. The van der Waals surface area contributed by atoms with Crippen molar-refractivity contribution in [1.82, 2.24) is 4.90 Å². The number of carbonyl (C=O) groups excluding carboxylic acids is 1. The number of amides is 1. The van der Waals surface area contributed by atoms with Gasteiger partial charge in [-0.05, 0) is 37.2 Å². The van der Waals surface area contributed by atoms with Crippen LogP contribution in [-0.4, -0.2) is 37.5 Å². The van der Waals surface area contributed by atoms with Crippen molar-refractivity contribution in [3.63, 3.8) is 0 Å². The summed E-state index contributed by atoms with van der Waals surface area (Å²) in [5.74, 6) is -0.822. The van der Waals surface area contributed by atoms with Gasteiger partial charge in [-0.15, -0.1) is 0 Å². The van der Waals surface area contributed by atoms with E-state index in [1.165, 1.54) is 18.2 Å². The number of halogens is 2. The highest BCUT2D eigenvalue weighted by atomic mass is 35.5. The Bertz CT molecular complexity index is 479. The van der Waals surface area contributed by atoms with Gasteiger partial charge in [0.05, 0.1) is 12.2 Å². The fraction of sp³-hybridized carbons (Fsp3) is 0.500. The predicted molar refractivity (Wildman–Crippen MR) is 80.4 cm³/mol. The van der Waals surface area contributed by atoms with Gasteiger partial charge in [0.25, 0.3) is 0 Å². The molecule has 0 atom stereocenters. The molecule has 1 amide bonds. The van der Waals surface area contributed by atoms with Crippen LogP contribution in [0.3, 0.4) is 0 Å². The third kappa shape index (κ3) is 5.45. The lowest BCUT2D eigenvalue weighted by molar-refractivity contribution is -0.117. The molecular formula is C14H21ClFN3O. The van der Waals surface area contributed by atoms with Crippen LogP contribution in [0, 0.1) is 11.2 Å². The first-order chi connectivity index (χ1) is 9.23. The van der Waals surface area contributed by atoms with Crippen LogP contribution < -0.4 is 11.1 Å². The van der Waals surface area contributed by atoms with Crippen molar-refractivity contribution in [1.29, 1.82) is 0 Å². The number of hydrogen-bond donors (Lipinski definition) is 2. The summed E-state index contributed by atoms with van der Waals surface area (Å²) in [6, 6.07) is 4.14. The third-order valence-corrected chi connectivity index (χ3v) is 3.10. The van der Waals surface area contributed by atoms with E-state index < -0.39 is 5.82 Å². The smallest absolute Gasteiger partial charge is 0.238 e. The molecular weight excluding hydrogens is 281 g/mol. The summed E-state index contributed by atoms with van der Waals surface area (Å²) in [5, 5.41) is 2.82. The summed E-state index contributed by atoms with van der Waals surface area (Å²) >= 11 is 5.65. The minimum Gasteiger partial charge on any atom is -0.330 e. The number of nitrogens with one attached hydrogen (secondary N) is 1. The Morgan fingerprint density at radius 3 is 2.70 bits per heavy atom. The van der Waals surface area contributed by atoms with Crippen LogP contribution in [0.5, 0.6) is 0 Å². The van der Waals surface area contributed by atoms with E-state index in [-0.39, 0.29) is 23.6 Å². The Balaban J connectivity index is 2.55. The molecule has 3 N–H and O–H groups in total. The van der Waals surface area contributed by atoms with Crippen molar-refractivity contribution in [3.8, 4) is 0 Å². The first-order valence-electron chi connectivity index (χ1n) is 6.37. The molecule has 0 saturated carbocycles. The second kappa shape index (κ2) is 7.02. The van der Waals surface area contributed by atoms with Crippen molar-refractivity contribution in [2.75, 3.05) is 32.0 Å². The minimum atomic E-state index is -0.546. The van der Waals surface area contributed by atoms with Gasteiger partial charge in [0.15, 0.2) is 0 Å². The van der Waals surface area contributed by atoms with E-state index in [4.69, 9.17) is 17.3 Å². The van der Waals surface area contributed by atoms with Gasteiger partial charge in [0.1, 0.15) is 5.82 Å². The molecule has 0 fully saturated rings.